The van der Waals surface area contributed by atoms with Gasteiger partial charge in [-0.05, 0) is 25.7 Å². The minimum absolute atomic E-state index is 0.0885. The maximum Gasteiger partial charge on any atom is 0.209 e. The summed E-state index contributed by atoms with van der Waals surface area (Å²) < 4.78 is 0.0885. The minimum atomic E-state index is -1.10. The monoisotopic (exact) mass is 475 g/mol. The van der Waals surface area contributed by atoms with Crippen molar-refractivity contribution in [2.75, 3.05) is 6.54 Å². The molecule has 0 aromatic heterocycles. The number of hydrogen-bond acceptors (Lipinski definition) is 4. The number of aliphatic carboxylic acids is 1. The molecule has 0 aromatic carbocycles. The smallest absolute Gasteiger partial charge is 0.209 e. The van der Waals surface area contributed by atoms with Gasteiger partial charge < -0.3 is 9.90 Å². The van der Waals surface area contributed by atoms with E-state index < -0.39 is 5.97 Å². The summed E-state index contributed by atoms with van der Waals surface area (Å²) in [5.74, 6) is -0.269. The van der Waals surface area contributed by atoms with Crippen LogP contribution in [-0.2, 0) is 4.79 Å². The number of carboxylic acids is 1. The third-order valence-electron chi connectivity index (χ3n) is 7.07. The third kappa shape index (κ3) is 13.4. The van der Waals surface area contributed by atoms with E-state index in [-0.39, 0.29) is 17.2 Å². The van der Waals surface area contributed by atoms with Gasteiger partial charge in [0.25, 0.3) is 0 Å². The lowest BCUT2D eigenvalue weighted by atomic mass is 10.0. The number of nitrogens with zero attached hydrogens (tertiary/aromatic N) is 2. The molecule has 196 valence electrons. The largest absolute Gasteiger partial charge is 0.544 e. The van der Waals surface area contributed by atoms with Gasteiger partial charge >= 0.3 is 0 Å². The van der Waals surface area contributed by atoms with Gasteiger partial charge in [-0.15, -0.1) is 0 Å². The van der Waals surface area contributed by atoms with Gasteiger partial charge in [-0.3, -0.25) is 5.73 Å². The normalized spacial score (nSPS) is 18.6. The Morgan fingerprint density at radius 2 is 1.35 bits per heavy atom. The Labute approximate surface area is 210 Å². The van der Waals surface area contributed by atoms with E-state index in [2.05, 4.69) is 24.1 Å². The van der Waals surface area contributed by atoms with Crippen LogP contribution in [0, 0.1) is 0 Å². The summed E-state index contributed by atoms with van der Waals surface area (Å²) in [6.45, 7) is 3.96. The van der Waals surface area contributed by atoms with Crippen LogP contribution in [-0.4, -0.2) is 29.0 Å². The maximum absolute atomic E-state index is 11.2. The number of aliphatic imine (C=N–C) groups is 1. The van der Waals surface area contributed by atoms with Crippen LogP contribution in [0.4, 0.5) is 0 Å². The van der Waals surface area contributed by atoms with E-state index in [4.69, 9.17) is 5.73 Å². The molecule has 0 fully saturated rings. The van der Waals surface area contributed by atoms with Gasteiger partial charge in [-0.1, -0.05) is 109 Å². The number of carbonyl (C=O) groups is 1. The van der Waals surface area contributed by atoms with Gasteiger partial charge in [-0.25, -0.2) is 9.48 Å². The van der Waals surface area contributed by atoms with Gasteiger partial charge in [0.05, 0.1) is 12.2 Å². The summed E-state index contributed by atoms with van der Waals surface area (Å²) >= 11 is 0. The molecule has 1 heterocycles. The second-order valence-electron chi connectivity index (χ2n) is 10.1. The highest BCUT2D eigenvalue weighted by Gasteiger charge is 2.38. The molecular weight excluding hydrogens is 422 g/mol. The molecule has 0 spiro atoms. The number of carboxylic acid groups (broad SMARTS) is 1. The van der Waals surface area contributed by atoms with Crippen molar-refractivity contribution < 1.29 is 14.4 Å². The van der Waals surface area contributed by atoms with E-state index in [0.717, 1.165) is 31.5 Å². The van der Waals surface area contributed by atoms with Gasteiger partial charge in [0.15, 0.2) is 0 Å². The first-order valence-corrected chi connectivity index (χ1v) is 14.3. The average molecular weight is 476 g/mol. The number of amidine groups is 1. The molecule has 1 aliphatic heterocycles. The molecule has 2 N–H and O–H groups in total. The van der Waals surface area contributed by atoms with E-state index in [1.807, 2.05) is 6.92 Å². The van der Waals surface area contributed by atoms with Crippen LogP contribution in [0.25, 0.3) is 0 Å². The number of nitrogens with two attached hydrogens (primary N) is 1. The Hall–Kier alpha value is -1.46. The molecule has 0 bridgehead atoms. The predicted molar refractivity (Wildman–Crippen MR) is 143 cm³/mol. The van der Waals surface area contributed by atoms with Gasteiger partial charge in [0.2, 0.25) is 5.84 Å². The highest BCUT2D eigenvalue weighted by molar-refractivity contribution is 5.81. The fourth-order valence-electron chi connectivity index (χ4n) is 4.82. The van der Waals surface area contributed by atoms with Crippen LogP contribution in [0.2, 0.25) is 0 Å². The van der Waals surface area contributed by atoms with E-state index in [1.54, 1.807) is 12.4 Å². The Bertz CT molecular complexity index is 612. The van der Waals surface area contributed by atoms with Crippen molar-refractivity contribution in [2.45, 2.75) is 142 Å². The van der Waals surface area contributed by atoms with Crippen molar-refractivity contribution in [3.63, 3.8) is 0 Å². The number of hydrogen-bond donors (Lipinski definition) is 1. The van der Waals surface area contributed by atoms with Gasteiger partial charge in [-0.2, -0.15) is 0 Å². The second-order valence-corrected chi connectivity index (χ2v) is 10.1. The summed E-state index contributed by atoms with van der Waals surface area (Å²) in [4.78, 5) is 15.6. The lowest BCUT2D eigenvalue weighted by Crippen LogP contribution is -2.60. The second kappa shape index (κ2) is 19.8. The molecule has 0 aliphatic carbocycles. The molecular formula is C29H53N3O2. The SMILES string of the molecule is CCCCCCCCCCCCCCCCC/C=C/CCCC1=NC=C[N+]1(CC(=O)[O-])C(C)N. The molecule has 1 aliphatic rings. The zero-order valence-electron chi connectivity index (χ0n) is 22.3. The Kier molecular flexibility index (Phi) is 17.8. The number of allylic oxidation sites excluding steroid dienone is 2. The molecule has 0 saturated carbocycles. The molecule has 1 rings (SSSR count). The predicted octanol–water partition coefficient (Wildman–Crippen LogP) is 6.73. The van der Waals surface area contributed by atoms with Crippen molar-refractivity contribution >= 4 is 11.8 Å². The zero-order valence-corrected chi connectivity index (χ0v) is 22.3. The van der Waals surface area contributed by atoms with E-state index in [0.29, 0.717) is 0 Å². The van der Waals surface area contributed by atoms with Crippen molar-refractivity contribution in [2.24, 2.45) is 10.7 Å². The minimum Gasteiger partial charge on any atom is -0.544 e. The number of unbranched alkanes of at least 4 members (excludes halogenated alkanes) is 16. The first kappa shape index (κ1) is 30.6. The van der Waals surface area contributed by atoms with Crippen LogP contribution >= 0.6 is 0 Å². The average Bonchev–Trinajstić information content (AvgIpc) is 3.20. The molecule has 2 atom stereocenters. The van der Waals surface area contributed by atoms with Crippen LogP contribution in [0.15, 0.2) is 29.5 Å². The van der Waals surface area contributed by atoms with Gasteiger partial charge in [0.1, 0.15) is 18.9 Å². The number of carbonyl (C=O) groups excluding carboxylic acids is 1. The molecule has 0 radical (unpaired) electrons. The molecule has 5 heteroatoms. The molecule has 0 aromatic rings. The lowest BCUT2D eigenvalue weighted by molar-refractivity contribution is -0.808. The standard InChI is InChI=1S/C29H53N3O2/c1-3-4-5-6-7-8-9-10-11-12-13-14-15-16-17-18-19-20-21-22-23-28-31-24-25-32(28,27(2)30)26-29(33)34/h19-20,24-25,27H,3-18,21-23,26,30H2,1-2H3/b20-19+. The number of rotatable bonds is 23. The molecule has 34 heavy (non-hydrogen) atoms. The van der Waals surface area contributed by atoms with Crippen molar-refractivity contribution in [3.8, 4) is 0 Å². The van der Waals surface area contributed by atoms with Crippen molar-refractivity contribution in [1.29, 1.82) is 0 Å². The lowest BCUT2D eigenvalue weighted by Gasteiger charge is -2.36. The van der Waals surface area contributed by atoms with Crippen LogP contribution in [0.5, 0.6) is 0 Å². The summed E-state index contributed by atoms with van der Waals surface area (Å²) in [5.41, 5.74) is 6.08. The van der Waals surface area contributed by atoms with Crippen LogP contribution in [0.1, 0.15) is 136 Å². The molecule has 0 amide bonds. The third-order valence-corrected chi connectivity index (χ3v) is 7.07. The van der Waals surface area contributed by atoms with Gasteiger partial charge in [0, 0.05) is 13.3 Å². The number of quaternary nitrogens is 1. The Morgan fingerprint density at radius 3 is 1.82 bits per heavy atom. The maximum atomic E-state index is 11.2. The van der Waals surface area contributed by atoms with E-state index >= 15 is 0 Å². The molecule has 0 saturated heterocycles. The zero-order chi connectivity index (χ0) is 24.9. The van der Waals surface area contributed by atoms with Crippen LogP contribution in [0.3, 0.4) is 0 Å². The summed E-state index contributed by atoms with van der Waals surface area (Å²) in [6, 6.07) is 0. The molecule has 2 unspecified atom stereocenters. The highest BCUT2D eigenvalue weighted by Crippen LogP contribution is 2.23. The molecule has 5 nitrogen and oxygen atoms in total. The Balaban J connectivity index is 1.93. The Morgan fingerprint density at radius 1 is 0.882 bits per heavy atom. The van der Waals surface area contributed by atoms with Crippen LogP contribution < -0.4 is 10.8 Å². The first-order valence-electron chi connectivity index (χ1n) is 14.3. The quantitative estimate of drug-likeness (QED) is 0.101. The first-order chi connectivity index (χ1) is 16.5. The van der Waals surface area contributed by atoms with E-state index in [1.165, 1.54) is 96.3 Å². The van der Waals surface area contributed by atoms with E-state index in [9.17, 15) is 9.90 Å². The fourth-order valence-corrected chi connectivity index (χ4v) is 4.82. The van der Waals surface area contributed by atoms with Crippen molar-refractivity contribution in [3.05, 3.63) is 24.6 Å². The summed E-state index contributed by atoms with van der Waals surface area (Å²) in [7, 11) is 0. The summed E-state index contributed by atoms with van der Waals surface area (Å²) in [5, 5.41) is 11.2. The highest BCUT2D eigenvalue weighted by atomic mass is 16.4. The summed E-state index contributed by atoms with van der Waals surface area (Å²) in [6.07, 6.45) is 32.5. The van der Waals surface area contributed by atoms with Crippen molar-refractivity contribution in [1.82, 2.24) is 0 Å². The topological polar surface area (TPSA) is 78.5 Å². The fraction of sp³-hybridized carbons (Fsp3) is 0.793.